The number of anilines is 1. The molecule has 1 aliphatic heterocycles. The lowest BCUT2D eigenvalue weighted by molar-refractivity contribution is -0.384. The number of amides is 3. The molecule has 0 atom stereocenters. The molecular weight excluding hydrogens is 434 g/mol. The van der Waals surface area contributed by atoms with Gasteiger partial charge in [0.05, 0.1) is 4.92 Å². The third-order valence-corrected chi connectivity index (χ3v) is 6.02. The van der Waals surface area contributed by atoms with Crippen molar-refractivity contribution < 1.29 is 14.5 Å². The molecule has 0 aliphatic carbocycles. The summed E-state index contributed by atoms with van der Waals surface area (Å²) in [6, 6.07) is 11.5. The van der Waals surface area contributed by atoms with Gasteiger partial charge < -0.3 is 19.7 Å². The smallest absolute Gasteiger partial charge is 0.321 e. The van der Waals surface area contributed by atoms with Gasteiger partial charge in [-0.05, 0) is 36.8 Å². The average molecular weight is 456 g/mol. The van der Waals surface area contributed by atoms with E-state index in [4.69, 9.17) is 11.6 Å². The van der Waals surface area contributed by atoms with E-state index in [1.807, 2.05) is 13.0 Å². The summed E-state index contributed by atoms with van der Waals surface area (Å²) < 4.78 is 1.78. The Kier molecular flexibility index (Phi) is 6.00. The molecule has 0 spiro atoms. The predicted molar refractivity (Wildman–Crippen MR) is 122 cm³/mol. The minimum Gasteiger partial charge on any atom is -0.338 e. The molecule has 10 heteroatoms. The SMILES string of the molecule is Cc1ccc(NC(=O)N2CCN(C(=O)Cn3ccc4cc([N+](=O)[O-])ccc43)CC2)cc1Cl. The minimum absolute atomic E-state index is 0.0175. The van der Waals surface area contributed by atoms with E-state index >= 15 is 0 Å². The fourth-order valence-corrected chi connectivity index (χ4v) is 3.90. The zero-order chi connectivity index (χ0) is 22.8. The van der Waals surface area contributed by atoms with Crippen molar-refractivity contribution in [2.45, 2.75) is 13.5 Å². The van der Waals surface area contributed by atoms with Crippen molar-refractivity contribution in [1.29, 1.82) is 0 Å². The van der Waals surface area contributed by atoms with Crippen molar-refractivity contribution in [2.75, 3.05) is 31.5 Å². The summed E-state index contributed by atoms with van der Waals surface area (Å²) in [4.78, 5) is 39.2. The molecule has 0 unspecified atom stereocenters. The Morgan fingerprint density at radius 1 is 1.06 bits per heavy atom. The van der Waals surface area contributed by atoms with Crippen LogP contribution in [0.1, 0.15) is 5.56 Å². The molecule has 1 aliphatic rings. The topological polar surface area (TPSA) is 101 Å². The number of aryl methyl sites for hydroxylation is 1. The van der Waals surface area contributed by atoms with E-state index in [1.54, 1.807) is 44.8 Å². The van der Waals surface area contributed by atoms with Crippen LogP contribution in [0, 0.1) is 17.0 Å². The van der Waals surface area contributed by atoms with Crippen molar-refractivity contribution in [3.63, 3.8) is 0 Å². The van der Waals surface area contributed by atoms with Crippen LogP contribution in [-0.4, -0.2) is 57.4 Å². The molecule has 2 heterocycles. The van der Waals surface area contributed by atoms with Crippen LogP contribution in [0.25, 0.3) is 10.9 Å². The molecule has 3 amide bonds. The molecule has 4 rings (SSSR count). The first-order chi connectivity index (χ1) is 15.3. The second-order valence-corrected chi connectivity index (χ2v) is 8.11. The molecule has 0 radical (unpaired) electrons. The molecule has 32 heavy (non-hydrogen) atoms. The van der Waals surface area contributed by atoms with E-state index in [1.165, 1.54) is 12.1 Å². The highest BCUT2D eigenvalue weighted by Crippen LogP contribution is 2.23. The fourth-order valence-electron chi connectivity index (χ4n) is 3.72. The number of hydrogen-bond donors (Lipinski definition) is 1. The maximum absolute atomic E-state index is 12.8. The Morgan fingerprint density at radius 3 is 2.47 bits per heavy atom. The van der Waals surface area contributed by atoms with E-state index in [-0.39, 0.29) is 24.2 Å². The largest absolute Gasteiger partial charge is 0.338 e. The summed E-state index contributed by atoms with van der Waals surface area (Å²) in [5.74, 6) is -0.0637. The van der Waals surface area contributed by atoms with Gasteiger partial charge in [0.15, 0.2) is 0 Å². The van der Waals surface area contributed by atoms with E-state index < -0.39 is 4.92 Å². The highest BCUT2D eigenvalue weighted by Gasteiger charge is 2.24. The van der Waals surface area contributed by atoms with E-state index in [2.05, 4.69) is 5.32 Å². The van der Waals surface area contributed by atoms with Crippen LogP contribution in [-0.2, 0) is 11.3 Å². The van der Waals surface area contributed by atoms with Crippen LogP contribution < -0.4 is 5.32 Å². The lowest BCUT2D eigenvalue weighted by Crippen LogP contribution is -2.52. The lowest BCUT2D eigenvalue weighted by atomic mass is 10.2. The van der Waals surface area contributed by atoms with Crippen molar-refractivity contribution in [1.82, 2.24) is 14.4 Å². The van der Waals surface area contributed by atoms with Crippen LogP contribution in [0.5, 0.6) is 0 Å². The highest BCUT2D eigenvalue weighted by molar-refractivity contribution is 6.31. The molecule has 1 fully saturated rings. The van der Waals surface area contributed by atoms with Crippen LogP contribution >= 0.6 is 11.6 Å². The van der Waals surface area contributed by atoms with E-state index in [0.29, 0.717) is 42.3 Å². The summed E-state index contributed by atoms with van der Waals surface area (Å²) in [5, 5.41) is 15.1. The van der Waals surface area contributed by atoms with Gasteiger partial charge in [-0.2, -0.15) is 0 Å². The maximum Gasteiger partial charge on any atom is 0.321 e. The third kappa shape index (κ3) is 4.52. The number of nitro groups is 1. The quantitative estimate of drug-likeness (QED) is 0.476. The number of aromatic nitrogens is 1. The van der Waals surface area contributed by atoms with Gasteiger partial charge in [0.1, 0.15) is 6.54 Å². The molecule has 1 N–H and O–H groups in total. The molecule has 166 valence electrons. The van der Waals surface area contributed by atoms with Crippen molar-refractivity contribution in [3.8, 4) is 0 Å². The number of benzene rings is 2. The normalized spacial score (nSPS) is 13.9. The number of urea groups is 1. The van der Waals surface area contributed by atoms with Crippen molar-refractivity contribution in [3.05, 3.63) is 69.4 Å². The van der Waals surface area contributed by atoms with Crippen LogP contribution in [0.4, 0.5) is 16.2 Å². The fraction of sp³-hybridized carbons (Fsp3) is 0.273. The lowest BCUT2D eigenvalue weighted by Gasteiger charge is -2.34. The molecule has 0 bridgehead atoms. The number of nitrogens with zero attached hydrogens (tertiary/aromatic N) is 4. The Balaban J connectivity index is 1.33. The maximum atomic E-state index is 12.8. The molecule has 1 aromatic heterocycles. The highest BCUT2D eigenvalue weighted by atomic mass is 35.5. The van der Waals surface area contributed by atoms with Gasteiger partial charge in [-0.25, -0.2) is 4.79 Å². The van der Waals surface area contributed by atoms with Gasteiger partial charge in [-0.15, -0.1) is 0 Å². The molecular formula is C22H22ClN5O4. The van der Waals surface area contributed by atoms with Gasteiger partial charge >= 0.3 is 6.03 Å². The average Bonchev–Trinajstić information content (AvgIpc) is 3.18. The summed E-state index contributed by atoms with van der Waals surface area (Å²) >= 11 is 6.11. The standard InChI is InChI=1S/C22H22ClN5O4/c1-15-2-3-17(13-19(15)23)24-22(30)26-10-8-25(9-11-26)21(29)14-27-7-6-16-12-18(28(31)32)4-5-20(16)27/h2-7,12-13H,8-11,14H2,1H3,(H,24,30). The Labute approximate surface area is 189 Å². The van der Waals surface area contributed by atoms with Gasteiger partial charge in [0.2, 0.25) is 5.91 Å². The van der Waals surface area contributed by atoms with Crippen molar-refractivity contribution in [2.24, 2.45) is 0 Å². The number of nitro benzene ring substituents is 1. The zero-order valence-electron chi connectivity index (χ0n) is 17.5. The summed E-state index contributed by atoms with van der Waals surface area (Å²) in [5.41, 5.74) is 2.34. The number of non-ortho nitro benzene ring substituents is 1. The van der Waals surface area contributed by atoms with Crippen LogP contribution in [0.15, 0.2) is 48.7 Å². The first-order valence-corrected chi connectivity index (χ1v) is 10.5. The molecule has 3 aromatic rings. The number of nitrogens with one attached hydrogen (secondary N) is 1. The Hall–Kier alpha value is -3.59. The number of fused-ring (bicyclic) bond motifs is 1. The zero-order valence-corrected chi connectivity index (χ0v) is 18.2. The van der Waals surface area contributed by atoms with Gasteiger partial charge in [0.25, 0.3) is 5.69 Å². The number of hydrogen-bond acceptors (Lipinski definition) is 4. The van der Waals surface area contributed by atoms with Gasteiger partial charge in [0, 0.05) is 66.1 Å². The second kappa shape index (κ2) is 8.88. The van der Waals surface area contributed by atoms with E-state index in [0.717, 1.165) is 11.1 Å². The Bertz CT molecular complexity index is 1200. The molecule has 2 aromatic carbocycles. The number of rotatable bonds is 4. The Morgan fingerprint density at radius 2 is 1.78 bits per heavy atom. The number of piperazine rings is 1. The summed E-state index contributed by atoms with van der Waals surface area (Å²) in [6.07, 6.45) is 1.75. The van der Waals surface area contributed by atoms with Gasteiger partial charge in [-0.3, -0.25) is 14.9 Å². The van der Waals surface area contributed by atoms with Crippen LogP contribution in [0.3, 0.4) is 0 Å². The number of carbonyl (C=O) groups excluding carboxylic acids is 2. The summed E-state index contributed by atoms with van der Waals surface area (Å²) in [6.45, 7) is 3.75. The van der Waals surface area contributed by atoms with Crippen molar-refractivity contribution >= 4 is 45.8 Å². The first-order valence-electron chi connectivity index (χ1n) is 10.1. The first kappa shape index (κ1) is 21.6. The van der Waals surface area contributed by atoms with Crippen LogP contribution in [0.2, 0.25) is 5.02 Å². The molecule has 0 saturated carbocycles. The van der Waals surface area contributed by atoms with Gasteiger partial charge in [-0.1, -0.05) is 17.7 Å². The molecule has 9 nitrogen and oxygen atoms in total. The molecule has 1 saturated heterocycles. The monoisotopic (exact) mass is 455 g/mol. The second-order valence-electron chi connectivity index (χ2n) is 7.71. The minimum atomic E-state index is -0.439. The van der Waals surface area contributed by atoms with E-state index in [9.17, 15) is 19.7 Å². The predicted octanol–water partition coefficient (Wildman–Crippen LogP) is 3.89. The summed E-state index contributed by atoms with van der Waals surface area (Å²) in [7, 11) is 0. The number of halogens is 1. The number of carbonyl (C=O) groups is 2. The third-order valence-electron chi connectivity index (χ3n) is 5.61.